The second-order valence-electron chi connectivity index (χ2n) is 12.3. The quantitative estimate of drug-likeness (QED) is 0.229. The van der Waals surface area contributed by atoms with Crippen LogP contribution in [-0.2, 0) is 17.3 Å². The van der Waals surface area contributed by atoms with Crippen molar-refractivity contribution in [2.75, 3.05) is 6.61 Å². The maximum absolute atomic E-state index is 14.9. The summed E-state index contributed by atoms with van der Waals surface area (Å²) >= 11 is 0. The molecule has 0 saturated heterocycles. The lowest BCUT2D eigenvalue weighted by Gasteiger charge is -2.29. The maximum atomic E-state index is 14.9. The van der Waals surface area contributed by atoms with Gasteiger partial charge in [-0.3, -0.25) is 0 Å². The number of alkyl halides is 2. The van der Waals surface area contributed by atoms with E-state index in [1.165, 1.54) is 81.9 Å². The number of ether oxygens (including phenoxy) is 1. The molecule has 0 spiro atoms. The largest absolute Gasteiger partial charge is 0.386 e. The van der Waals surface area contributed by atoms with E-state index in [-0.39, 0.29) is 12.5 Å². The number of halogens is 3. The van der Waals surface area contributed by atoms with Crippen molar-refractivity contribution < 1.29 is 17.9 Å². The van der Waals surface area contributed by atoms with Gasteiger partial charge in [-0.1, -0.05) is 82.7 Å². The van der Waals surface area contributed by atoms with Gasteiger partial charge in [-0.2, -0.15) is 8.78 Å². The third-order valence-corrected chi connectivity index (χ3v) is 9.51. The van der Waals surface area contributed by atoms with Crippen molar-refractivity contribution in [2.24, 2.45) is 11.8 Å². The Kier molecular flexibility index (Phi) is 11.4. The van der Waals surface area contributed by atoms with E-state index in [9.17, 15) is 13.2 Å². The molecule has 1 nitrogen and oxygen atoms in total. The Bertz CT molecular complexity index is 985. The summed E-state index contributed by atoms with van der Waals surface area (Å²) < 4.78 is 49.5. The normalized spacial score (nSPS) is 24.1. The van der Waals surface area contributed by atoms with Crippen molar-refractivity contribution in [2.45, 2.75) is 128 Å². The van der Waals surface area contributed by atoms with Crippen molar-refractivity contribution >= 4 is 0 Å². The minimum atomic E-state index is -3.64. The van der Waals surface area contributed by atoms with Gasteiger partial charge in [0.15, 0.2) is 0 Å². The summed E-state index contributed by atoms with van der Waals surface area (Å²) in [6.07, 6.45) is 13.9. The Balaban J connectivity index is 1.24. The zero-order valence-electron chi connectivity index (χ0n) is 24.2. The Hall–Kier alpha value is -1.81. The van der Waals surface area contributed by atoms with Crippen LogP contribution < -0.4 is 0 Å². The van der Waals surface area contributed by atoms with Gasteiger partial charge in [0.25, 0.3) is 0 Å². The Morgan fingerprint density at radius 1 is 0.718 bits per heavy atom. The highest BCUT2D eigenvalue weighted by Gasteiger charge is 2.36. The highest BCUT2D eigenvalue weighted by Crippen LogP contribution is 2.40. The smallest absolute Gasteiger partial charge is 0.316 e. The molecule has 2 aliphatic rings. The third-order valence-electron chi connectivity index (χ3n) is 9.51. The predicted molar refractivity (Wildman–Crippen MR) is 155 cm³/mol. The van der Waals surface area contributed by atoms with Crippen LogP contribution in [0.5, 0.6) is 0 Å². The van der Waals surface area contributed by atoms with Crippen LogP contribution in [0.3, 0.4) is 0 Å². The van der Waals surface area contributed by atoms with E-state index >= 15 is 0 Å². The Morgan fingerprint density at radius 2 is 1.31 bits per heavy atom. The monoisotopic (exact) mass is 542 g/mol. The van der Waals surface area contributed by atoms with Crippen molar-refractivity contribution in [3.63, 3.8) is 0 Å². The van der Waals surface area contributed by atoms with Crippen LogP contribution in [0.1, 0.15) is 138 Å². The minimum absolute atomic E-state index is 0.155. The number of rotatable bonds is 13. The fourth-order valence-electron chi connectivity index (χ4n) is 7.01. The average molecular weight is 543 g/mol. The zero-order valence-corrected chi connectivity index (χ0v) is 24.2. The lowest BCUT2D eigenvalue weighted by atomic mass is 9.77. The van der Waals surface area contributed by atoms with E-state index < -0.39 is 17.5 Å². The first-order valence-corrected chi connectivity index (χ1v) is 15.8. The summed E-state index contributed by atoms with van der Waals surface area (Å²) in [6, 6.07) is 12.6. The molecule has 4 rings (SSSR count). The molecule has 2 saturated carbocycles. The van der Waals surface area contributed by atoms with Gasteiger partial charge in [0, 0.05) is 0 Å². The van der Waals surface area contributed by atoms with Gasteiger partial charge in [-0.25, -0.2) is 4.39 Å². The second-order valence-corrected chi connectivity index (χ2v) is 12.3. The summed E-state index contributed by atoms with van der Waals surface area (Å²) in [6.45, 7) is 4.33. The van der Waals surface area contributed by atoms with Gasteiger partial charge < -0.3 is 4.74 Å². The molecular formula is C35H49F3O. The Morgan fingerprint density at radius 3 is 1.90 bits per heavy atom. The lowest BCUT2D eigenvalue weighted by molar-refractivity contribution is -0.249. The third kappa shape index (κ3) is 8.59. The SMILES string of the molecule is CCCCC[C@H]1CC[C@H](c2ccc(C(F)(F)OCCc3ccc([C@H]4CC[C@H](CCC)CC4)cc3)c(F)c2)CC1. The van der Waals surface area contributed by atoms with Crippen molar-refractivity contribution in [3.8, 4) is 0 Å². The molecule has 0 atom stereocenters. The molecule has 0 N–H and O–H groups in total. The zero-order chi connectivity index (χ0) is 27.7. The van der Waals surface area contributed by atoms with Crippen LogP contribution in [0.15, 0.2) is 42.5 Å². The number of unbranched alkanes of at least 4 members (excludes halogenated alkanes) is 2. The predicted octanol–water partition coefficient (Wildman–Crippen LogP) is 11.1. The molecule has 2 aromatic carbocycles. The highest BCUT2D eigenvalue weighted by atomic mass is 19.3. The molecule has 0 aromatic heterocycles. The first-order valence-electron chi connectivity index (χ1n) is 15.8. The molecule has 39 heavy (non-hydrogen) atoms. The van der Waals surface area contributed by atoms with Crippen molar-refractivity contribution in [1.29, 1.82) is 0 Å². The van der Waals surface area contributed by atoms with Gasteiger partial charge in [-0.05, 0) is 110 Å². The van der Waals surface area contributed by atoms with Gasteiger partial charge in [-0.15, -0.1) is 0 Å². The molecule has 4 heteroatoms. The van der Waals surface area contributed by atoms with Crippen LogP contribution in [-0.4, -0.2) is 6.61 Å². The number of hydrogen-bond donors (Lipinski definition) is 0. The van der Waals surface area contributed by atoms with Gasteiger partial charge in [0.1, 0.15) is 5.82 Å². The van der Waals surface area contributed by atoms with Crippen LogP contribution in [0.2, 0.25) is 0 Å². The summed E-state index contributed by atoms with van der Waals surface area (Å²) in [7, 11) is 0. The minimum Gasteiger partial charge on any atom is -0.316 e. The van der Waals surface area contributed by atoms with Crippen LogP contribution in [0.4, 0.5) is 13.2 Å². The van der Waals surface area contributed by atoms with Crippen molar-refractivity contribution in [1.82, 2.24) is 0 Å². The molecule has 0 unspecified atom stereocenters. The molecule has 0 amide bonds. The molecule has 0 aliphatic heterocycles. The molecule has 0 heterocycles. The van der Waals surface area contributed by atoms with E-state index in [4.69, 9.17) is 4.74 Å². The standard InChI is InChI=1S/C35H49F3O/c1-3-5-6-8-27-11-19-31(20-12-27)32-21-22-33(34(36)25-32)35(37,38)39-24-23-28-13-17-30(18-14-28)29-15-9-26(7-4-2)10-16-29/h13-14,17-18,21-22,25-27,29,31H,3-12,15-16,19-20,23-24H2,1-2H3/t26-,27-,29-,31-. The summed E-state index contributed by atoms with van der Waals surface area (Å²) in [4.78, 5) is 0. The van der Waals surface area contributed by atoms with E-state index in [1.807, 2.05) is 12.1 Å². The van der Waals surface area contributed by atoms with Gasteiger partial charge in [0.2, 0.25) is 0 Å². The van der Waals surface area contributed by atoms with E-state index in [0.29, 0.717) is 12.3 Å². The topological polar surface area (TPSA) is 9.23 Å². The van der Waals surface area contributed by atoms with Crippen molar-refractivity contribution in [3.05, 3.63) is 70.5 Å². The molecule has 2 aromatic rings. The van der Waals surface area contributed by atoms with Crippen LogP contribution in [0.25, 0.3) is 0 Å². The molecular weight excluding hydrogens is 493 g/mol. The first kappa shape index (κ1) is 30.2. The van der Waals surface area contributed by atoms with Gasteiger partial charge >= 0.3 is 6.11 Å². The number of benzene rings is 2. The summed E-state index contributed by atoms with van der Waals surface area (Å²) in [5.41, 5.74) is 2.51. The summed E-state index contributed by atoms with van der Waals surface area (Å²) in [5, 5.41) is 0. The second kappa shape index (κ2) is 14.7. The molecule has 0 radical (unpaired) electrons. The Labute approximate surface area is 234 Å². The van der Waals surface area contributed by atoms with E-state index in [1.54, 1.807) is 6.07 Å². The van der Waals surface area contributed by atoms with E-state index in [2.05, 4.69) is 26.0 Å². The van der Waals surface area contributed by atoms with E-state index in [0.717, 1.165) is 48.6 Å². The van der Waals surface area contributed by atoms with Gasteiger partial charge in [0.05, 0.1) is 12.2 Å². The lowest BCUT2D eigenvalue weighted by Crippen LogP contribution is -2.22. The molecule has 2 aliphatic carbocycles. The van der Waals surface area contributed by atoms with Crippen LogP contribution in [0, 0.1) is 17.7 Å². The highest BCUT2D eigenvalue weighted by molar-refractivity contribution is 5.29. The number of hydrogen-bond acceptors (Lipinski definition) is 1. The maximum Gasteiger partial charge on any atom is 0.386 e. The first-order chi connectivity index (χ1) is 18.9. The molecule has 2 fully saturated rings. The summed E-state index contributed by atoms with van der Waals surface area (Å²) in [5.74, 6) is 1.65. The molecule has 0 bridgehead atoms. The fourth-order valence-corrected chi connectivity index (χ4v) is 7.01. The molecule has 216 valence electrons. The fraction of sp³-hybridized carbons (Fsp3) is 0.657. The van der Waals surface area contributed by atoms with Crippen LogP contribution >= 0.6 is 0 Å². The average Bonchev–Trinajstić information content (AvgIpc) is 2.94.